The van der Waals surface area contributed by atoms with E-state index in [-0.39, 0.29) is 12.5 Å². The van der Waals surface area contributed by atoms with Gasteiger partial charge in [-0.25, -0.2) is 9.78 Å². The first kappa shape index (κ1) is 15.5. The summed E-state index contributed by atoms with van der Waals surface area (Å²) >= 11 is 0. The third-order valence-corrected chi connectivity index (χ3v) is 4.64. The van der Waals surface area contributed by atoms with Gasteiger partial charge in [0.25, 0.3) is 0 Å². The van der Waals surface area contributed by atoms with Crippen molar-refractivity contribution in [3.63, 3.8) is 0 Å². The second kappa shape index (κ2) is 6.02. The van der Waals surface area contributed by atoms with Gasteiger partial charge < -0.3 is 15.0 Å². The number of aliphatic carboxylic acids is 1. The fourth-order valence-electron chi connectivity index (χ4n) is 3.39. The summed E-state index contributed by atoms with van der Waals surface area (Å²) in [5.74, 6) is -0.465. The first-order valence-electron chi connectivity index (χ1n) is 7.98. The standard InChI is InChI=1S/C17H21N3O3/c1-12-18-13-7-3-4-8-14(13)20(12)11-15(21)19-17(16(22)23)9-5-2-6-10-17/h3-4,7-8H,2,5-6,9-11H2,1H3,(H,19,21)(H,22,23). The number of para-hydroxylation sites is 2. The van der Waals surface area contributed by atoms with E-state index in [0.29, 0.717) is 12.8 Å². The van der Waals surface area contributed by atoms with Crippen LogP contribution in [0.1, 0.15) is 37.9 Å². The molecule has 6 nitrogen and oxygen atoms in total. The number of benzene rings is 1. The van der Waals surface area contributed by atoms with Crippen LogP contribution in [0.2, 0.25) is 0 Å². The molecule has 2 N–H and O–H groups in total. The van der Waals surface area contributed by atoms with Gasteiger partial charge in [-0.05, 0) is 31.9 Å². The summed E-state index contributed by atoms with van der Waals surface area (Å²) in [6, 6.07) is 7.62. The Labute approximate surface area is 134 Å². The molecule has 1 aromatic heterocycles. The second-order valence-electron chi connectivity index (χ2n) is 6.23. The summed E-state index contributed by atoms with van der Waals surface area (Å²) in [6.45, 7) is 1.93. The molecule has 0 radical (unpaired) electrons. The summed E-state index contributed by atoms with van der Waals surface area (Å²) in [5, 5.41) is 12.3. The average Bonchev–Trinajstić information content (AvgIpc) is 2.84. The number of imidazole rings is 1. The zero-order valence-corrected chi connectivity index (χ0v) is 13.2. The molecular weight excluding hydrogens is 294 g/mol. The Morgan fingerprint density at radius 1 is 1.26 bits per heavy atom. The van der Waals surface area contributed by atoms with Crippen LogP contribution < -0.4 is 5.32 Å². The molecule has 0 bridgehead atoms. The van der Waals surface area contributed by atoms with Gasteiger partial charge in [-0.2, -0.15) is 0 Å². The van der Waals surface area contributed by atoms with Gasteiger partial charge in [0.1, 0.15) is 17.9 Å². The van der Waals surface area contributed by atoms with Crippen LogP contribution in [0.25, 0.3) is 11.0 Å². The molecule has 0 spiro atoms. The topological polar surface area (TPSA) is 84.2 Å². The fraction of sp³-hybridized carbons (Fsp3) is 0.471. The third-order valence-electron chi connectivity index (χ3n) is 4.64. The number of amides is 1. The number of rotatable bonds is 4. The lowest BCUT2D eigenvalue weighted by Crippen LogP contribution is -2.56. The summed E-state index contributed by atoms with van der Waals surface area (Å²) in [4.78, 5) is 28.6. The number of hydrogen-bond donors (Lipinski definition) is 2. The number of fused-ring (bicyclic) bond motifs is 1. The number of aromatic nitrogens is 2. The number of carbonyl (C=O) groups excluding carboxylic acids is 1. The summed E-state index contributed by atoms with van der Waals surface area (Å²) in [7, 11) is 0. The van der Waals surface area contributed by atoms with Crippen molar-refractivity contribution in [1.29, 1.82) is 0 Å². The molecule has 122 valence electrons. The number of carboxylic acids is 1. The van der Waals surface area contributed by atoms with Crippen molar-refractivity contribution in [2.75, 3.05) is 0 Å². The number of carboxylic acid groups (broad SMARTS) is 1. The van der Waals surface area contributed by atoms with E-state index >= 15 is 0 Å². The monoisotopic (exact) mass is 315 g/mol. The van der Waals surface area contributed by atoms with Gasteiger partial charge in [0.15, 0.2) is 0 Å². The fourth-order valence-corrected chi connectivity index (χ4v) is 3.39. The highest BCUT2D eigenvalue weighted by molar-refractivity contribution is 5.88. The highest BCUT2D eigenvalue weighted by Gasteiger charge is 2.40. The van der Waals surface area contributed by atoms with Gasteiger partial charge in [-0.3, -0.25) is 4.79 Å². The molecule has 0 atom stereocenters. The number of aryl methyl sites for hydroxylation is 1. The second-order valence-corrected chi connectivity index (χ2v) is 6.23. The molecule has 1 aliphatic rings. The predicted molar refractivity (Wildman–Crippen MR) is 86.1 cm³/mol. The maximum absolute atomic E-state index is 12.5. The van der Waals surface area contributed by atoms with Crippen LogP contribution in [0.3, 0.4) is 0 Å². The minimum absolute atomic E-state index is 0.0847. The lowest BCUT2D eigenvalue weighted by molar-refractivity contribution is -0.149. The van der Waals surface area contributed by atoms with Crippen molar-refractivity contribution in [1.82, 2.24) is 14.9 Å². The van der Waals surface area contributed by atoms with Crippen LogP contribution in [0.4, 0.5) is 0 Å². The molecule has 0 unspecified atom stereocenters. The van der Waals surface area contributed by atoms with Gasteiger partial charge in [0.2, 0.25) is 5.91 Å². The quantitative estimate of drug-likeness (QED) is 0.906. The molecule has 6 heteroatoms. The molecule has 1 aromatic carbocycles. The molecule has 2 aromatic rings. The molecule has 0 saturated heterocycles. The van der Waals surface area contributed by atoms with E-state index in [2.05, 4.69) is 10.3 Å². The van der Waals surface area contributed by atoms with Crippen molar-refractivity contribution >= 4 is 22.9 Å². The zero-order valence-electron chi connectivity index (χ0n) is 13.2. The van der Waals surface area contributed by atoms with Crippen molar-refractivity contribution in [3.05, 3.63) is 30.1 Å². The van der Waals surface area contributed by atoms with Gasteiger partial charge >= 0.3 is 5.97 Å². The molecule has 23 heavy (non-hydrogen) atoms. The van der Waals surface area contributed by atoms with E-state index in [0.717, 1.165) is 36.1 Å². The Kier molecular flexibility index (Phi) is 4.07. The molecule has 1 heterocycles. The van der Waals surface area contributed by atoms with Crippen LogP contribution in [0, 0.1) is 6.92 Å². The van der Waals surface area contributed by atoms with Crippen molar-refractivity contribution in [2.24, 2.45) is 0 Å². The van der Waals surface area contributed by atoms with Gasteiger partial charge in [-0.1, -0.05) is 31.4 Å². The van der Waals surface area contributed by atoms with Gasteiger partial charge in [0, 0.05) is 0 Å². The lowest BCUT2D eigenvalue weighted by atomic mass is 9.81. The number of nitrogens with one attached hydrogen (secondary N) is 1. The van der Waals surface area contributed by atoms with Crippen LogP contribution >= 0.6 is 0 Å². The normalized spacial score (nSPS) is 17.1. The molecule has 1 aliphatic carbocycles. The van der Waals surface area contributed by atoms with E-state index in [1.807, 2.05) is 35.8 Å². The first-order valence-corrected chi connectivity index (χ1v) is 7.98. The first-order chi connectivity index (χ1) is 11.0. The van der Waals surface area contributed by atoms with Gasteiger partial charge in [-0.15, -0.1) is 0 Å². The number of carbonyl (C=O) groups is 2. The Balaban J connectivity index is 1.80. The maximum Gasteiger partial charge on any atom is 0.329 e. The largest absolute Gasteiger partial charge is 0.480 e. The summed E-state index contributed by atoms with van der Waals surface area (Å²) in [6.07, 6.45) is 3.69. The minimum Gasteiger partial charge on any atom is -0.480 e. The Bertz CT molecular complexity index is 745. The van der Waals surface area contributed by atoms with Crippen LogP contribution in [-0.4, -0.2) is 32.1 Å². The van der Waals surface area contributed by atoms with E-state index in [1.54, 1.807) is 0 Å². The minimum atomic E-state index is -1.11. The maximum atomic E-state index is 12.5. The van der Waals surface area contributed by atoms with Gasteiger partial charge in [0.05, 0.1) is 11.0 Å². The van der Waals surface area contributed by atoms with Crippen molar-refractivity contribution in [2.45, 2.75) is 51.1 Å². The summed E-state index contributed by atoms with van der Waals surface area (Å²) in [5.41, 5.74) is 0.608. The Morgan fingerprint density at radius 2 is 1.96 bits per heavy atom. The van der Waals surface area contributed by atoms with Crippen molar-refractivity contribution in [3.8, 4) is 0 Å². The van der Waals surface area contributed by atoms with E-state index < -0.39 is 11.5 Å². The van der Waals surface area contributed by atoms with Crippen LogP contribution in [0.5, 0.6) is 0 Å². The highest BCUT2D eigenvalue weighted by Crippen LogP contribution is 2.28. The Morgan fingerprint density at radius 3 is 2.65 bits per heavy atom. The molecule has 0 aliphatic heterocycles. The molecule has 1 saturated carbocycles. The molecular formula is C17H21N3O3. The average molecular weight is 315 g/mol. The summed E-state index contributed by atoms with van der Waals surface area (Å²) < 4.78 is 1.82. The zero-order chi connectivity index (χ0) is 16.4. The van der Waals surface area contributed by atoms with Crippen LogP contribution in [0.15, 0.2) is 24.3 Å². The number of nitrogens with zero attached hydrogens (tertiary/aromatic N) is 2. The SMILES string of the molecule is Cc1nc2ccccc2n1CC(=O)NC1(C(=O)O)CCCCC1. The number of hydrogen-bond acceptors (Lipinski definition) is 3. The smallest absolute Gasteiger partial charge is 0.329 e. The van der Waals surface area contributed by atoms with E-state index in [1.165, 1.54) is 0 Å². The van der Waals surface area contributed by atoms with Crippen molar-refractivity contribution < 1.29 is 14.7 Å². The molecule has 1 fully saturated rings. The van der Waals surface area contributed by atoms with E-state index in [4.69, 9.17) is 0 Å². The highest BCUT2D eigenvalue weighted by atomic mass is 16.4. The third kappa shape index (κ3) is 2.93. The molecule has 3 rings (SSSR count). The van der Waals surface area contributed by atoms with Crippen LogP contribution in [-0.2, 0) is 16.1 Å². The van der Waals surface area contributed by atoms with E-state index in [9.17, 15) is 14.7 Å². The molecule has 1 amide bonds. The lowest BCUT2D eigenvalue weighted by Gasteiger charge is -2.34. The predicted octanol–water partition coefficient (Wildman–Crippen LogP) is 2.25. The Hall–Kier alpha value is -2.37.